The number of rotatable bonds is 4. The summed E-state index contributed by atoms with van der Waals surface area (Å²) in [6.07, 6.45) is 9.61. The molecule has 0 bridgehead atoms. The first kappa shape index (κ1) is 8.65. The zero-order chi connectivity index (χ0) is 8.65. The van der Waals surface area contributed by atoms with Gasteiger partial charge in [0.15, 0.2) is 0 Å². The molecule has 0 saturated heterocycles. The third-order valence-electron chi connectivity index (χ3n) is 1.54. The number of pyridine rings is 1. The second-order valence-corrected chi connectivity index (χ2v) is 2.46. The summed E-state index contributed by atoms with van der Waals surface area (Å²) in [5.41, 5.74) is 1.20. The number of aromatic nitrogens is 1. The van der Waals surface area contributed by atoms with Crippen LogP contribution in [0.2, 0.25) is 0 Å². The predicted molar refractivity (Wildman–Crippen MR) is 47.8 cm³/mol. The van der Waals surface area contributed by atoms with E-state index in [-0.39, 0.29) is 0 Å². The second kappa shape index (κ2) is 5.24. The highest BCUT2D eigenvalue weighted by atomic mass is 16.1. The summed E-state index contributed by atoms with van der Waals surface area (Å²) in [6, 6.07) is 3.94. The quantitative estimate of drug-likeness (QED) is 0.497. The summed E-state index contributed by atoms with van der Waals surface area (Å²) in [6.45, 7) is 0. The van der Waals surface area contributed by atoms with Crippen LogP contribution >= 0.6 is 0 Å². The van der Waals surface area contributed by atoms with Gasteiger partial charge in [-0.25, -0.2) is 0 Å². The van der Waals surface area contributed by atoms with E-state index in [0.717, 1.165) is 19.1 Å². The molecule has 2 heteroatoms. The summed E-state index contributed by atoms with van der Waals surface area (Å²) in [4.78, 5) is 13.9. The van der Waals surface area contributed by atoms with Crippen LogP contribution in [0.25, 0.3) is 0 Å². The maximum Gasteiger partial charge on any atom is 0.142 e. The maximum atomic E-state index is 9.92. The number of hydrogen-bond acceptors (Lipinski definition) is 2. The van der Waals surface area contributed by atoms with Gasteiger partial charge in [-0.3, -0.25) is 9.78 Å². The average Bonchev–Trinajstić information content (AvgIpc) is 2.14. The van der Waals surface area contributed by atoms with Crippen LogP contribution in [0.4, 0.5) is 0 Å². The molecule has 12 heavy (non-hydrogen) atoms. The van der Waals surface area contributed by atoms with Crippen molar-refractivity contribution in [3.05, 3.63) is 42.2 Å². The SMILES string of the molecule is O=C/C=C/CCc1cccnc1. The van der Waals surface area contributed by atoms with Gasteiger partial charge in [0.05, 0.1) is 0 Å². The van der Waals surface area contributed by atoms with E-state index in [0.29, 0.717) is 0 Å². The predicted octanol–water partition coefficient (Wildman–Crippen LogP) is 1.77. The third-order valence-corrected chi connectivity index (χ3v) is 1.54. The lowest BCUT2D eigenvalue weighted by Gasteiger charge is -1.94. The number of aldehydes is 1. The van der Waals surface area contributed by atoms with E-state index in [1.54, 1.807) is 6.20 Å². The third kappa shape index (κ3) is 3.10. The summed E-state index contributed by atoms with van der Waals surface area (Å²) < 4.78 is 0. The van der Waals surface area contributed by atoms with Crippen LogP contribution in [0.1, 0.15) is 12.0 Å². The van der Waals surface area contributed by atoms with Gasteiger partial charge in [-0.05, 0) is 30.5 Å². The smallest absolute Gasteiger partial charge is 0.142 e. The van der Waals surface area contributed by atoms with Crippen LogP contribution in [0, 0.1) is 0 Å². The van der Waals surface area contributed by atoms with Crippen molar-refractivity contribution in [3.63, 3.8) is 0 Å². The number of carbonyl (C=O) groups is 1. The Balaban J connectivity index is 2.33. The molecule has 0 atom stereocenters. The van der Waals surface area contributed by atoms with Gasteiger partial charge in [0.1, 0.15) is 6.29 Å². The van der Waals surface area contributed by atoms with Gasteiger partial charge in [0.25, 0.3) is 0 Å². The van der Waals surface area contributed by atoms with Crippen molar-refractivity contribution in [2.45, 2.75) is 12.8 Å². The number of carbonyl (C=O) groups excluding carboxylic acids is 1. The topological polar surface area (TPSA) is 30.0 Å². The molecule has 0 N–H and O–H groups in total. The van der Waals surface area contributed by atoms with Crippen molar-refractivity contribution in [1.82, 2.24) is 4.98 Å². The molecule has 0 aromatic carbocycles. The van der Waals surface area contributed by atoms with Crippen LogP contribution < -0.4 is 0 Å². The molecule has 1 aromatic rings. The van der Waals surface area contributed by atoms with Crippen LogP contribution in [-0.4, -0.2) is 11.3 Å². The van der Waals surface area contributed by atoms with Crippen LogP contribution in [0.5, 0.6) is 0 Å². The Hall–Kier alpha value is -1.44. The van der Waals surface area contributed by atoms with Crippen molar-refractivity contribution in [3.8, 4) is 0 Å². The number of nitrogens with zero attached hydrogens (tertiary/aromatic N) is 1. The Kier molecular flexibility index (Phi) is 3.78. The molecule has 0 unspecified atom stereocenters. The molecule has 1 aromatic heterocycles. The van der Waals surface area contributed by atoms with Crippen molar-refractivity contribution < 1.29 is 4.79 Å². The number of aryl methyl sites for hydroxylation is 1. The van der Waals surface area contributed by atoms with E-state index in [1.165, 1.54) is 11.6 Å². The fourth-order valence-electron chi connectivity index (χ4n) is 0.948. The van der Waals surface area contributed by atoms with Gasteiger partial charge in [0, 0.05) is 12.4 Å². The van der Waals surface area contributed by atoms with Gasteiger partial charge in [-0.2, -0.15) is 0 Å². The lowest BCUT2D eigenvalue weighted by atomic mass is 10.1. The number of hydrogen-bond donors (Lipinski definition) is 0. The van der Waals surface area contributed by atoms with Crippen LogP contribution in [0.3, 0.4) is 0 Å². The standard InChI is InChI=1S/C10H11NO/c12-8-3-1-2-5-10-6-4-7-11-9-10/h1,3-4,6-9H,2,5H2/b3-1+. The average molecular weight is 161 g/mol. The summed E-state index contributed by atoms with van der Waals surface area (Å²) in [7, 11) is 0. The molecule has 0 saturated carbocycles. The van der Waals surface area contributed by atoms with Gasteiger partial charge in [0.2, 0.25) is 0 Å². The summed E-state index contributed by atoms with van der Waals surface area (Å²) in [5.74, 6) is 0. The normalized spacial score (nSPS) is 10.3. The lowest BCUT2D eigenvalue weighted by molar-refractivity contribution is -0.104. The molecule has 0 aliphatic heterocycles. The molecule has 0 aliphatic carbocycles. The minimum absolute atomic E-state index is 0.795. The Morgan fingerprint density at radius 3 is 3.08 bits per heavy atom. The van der Waals surface area contributed by atoms with E-state index < -0.39 is 0 Å². The molecule has 0 amide bonds. The van der Waals surface area contributed by atoms with E-state index in [4.69, 9.17) is 0 Å². The highest BCUT2D eigenvalue weighted by Gasteiger charge is 1.87. The molecule has 0 aliphatic rings. The van der Waals surface area contributed by atoms with Crippen molar-refractivity contribution >= 4 is 6.29 Å². The van der Waals surface area contributed by atoms with E-state index in [1.807, 2.05) is 24.4 Å². The van der Waals surface area contributed by atoms with Crippen LogP contribution in [-0.2, 0) is 11.2 Å². The van der Waals surface area contributed by atoms with Gasteiger partial charge in [-0.1, -0.05) is 12.1 Å². The molecule has 0 spiro atoms. The number of allylic oxidation sites excluding steroid dienone is 2. The molecular formula is C10H11NO. The fraction of sp³-hybridized carbons (Fsp3) is 0.200. The van der Waals surface area contributed by atoms with Crippen molar-refractivity contribution in [1.29, 1.82) is 0 Å². The zero-order valence-corrected chi connectivity index (χ0v) is 6.81. The molecule has 0 radical (unpaired) electrons. The molecule has 62 valence electrons. The Morgan fingerprint density at radius 2 is 2.42 bits per heavy atom. The minimum atomic E-state index is 0.795. The fourth-order valence-corrected chi connectivity index (χ4v) is 0.948. The van der Waals surface area contributed by atoms with E-state index in [2.05, 4.69) is 4.98 Å². The van der Waals surface area contributed by atoms with Gasteiger partial charge < -0.3 is 0 Å². The van der Waals surface area contributed by atoms with Gasteiger partial charge in [-0.15, -0.1) is 0 Å². The van der Waals surface area contributed by atoms with E-state index in [9.17, 15) is 4.79 Å². The second-order valence-electron chi connectivity index (χ2n) is 2.46. The van der Waals surface area contributed by atoms with Crippen molar-refractivity contribution in [2.24, 2.45) is 0 Å². The molecule has 1 heterocycles. The Morgan fingerprint density at radius 1 is 1.50 bits per heavy atom. The molecular weight excluding hydrogens is 150 g/mol. The first-order valence-electron chi connectivity index (χ1n) is 3.92. The Labute approximate surface area is 71.9 Å². The first-order valence-corrected chi connectivity index (χ1v) is 3.92. The Bertz CT molecular complexity index is 254. The zero-order valence-electron chi connectivity index (χ0n) is 6.81. The van der Waals surface area contributed by atoms with E-state index >= 15 is 0 Å². The van der Waals surface area contributed by atoms with Crippen molar-refractivity contribution in [2.75, 3.05) is 0 Å². The highest BCUT2D eigenvalue weighted by Crippen LogP contribution is 2.00. The molecule has 2 nitrogen and oxygen atoms in total. The maximum absolute atomic E-state index is 9.92. The summed E-state index contributed by atoms with van der Waals surface area (Å²) in [5, 5.41) is 0. The monoisotopic (exact) mass is 161 g/mol. The van der Waals surface area contributed by atoms with Gasteiger partial charge >= 0.3 is 0 Å². The molecule has 1 rings (SSSR count). The lowest BCUT2D eigenvalue weighted by Crippen LogP contribution is -1.83. The van der Waals surface area contributed by atoms with Crippen LogP contribution in [0.15, 0.2) is 36.7 Å². The highest BCUT2D eigenvalue weighted by molar-refractivity contribution is 5.64. The first-order chi connectivity index (χ1) is 5.93. The molecule has 0 fully saturated rings. The minimum Gasteiger partial charge on any atom is -0.299 e. The largest absolute Gasteiger partial charge is 0.299 e. The summed E-state index contributed by atoms with van der Waals surface area (Å²) >= 11 is 0.